The molecule has 2 aromatic rings. The molecule has 3 heteroatoms. The number of rotatable bonds is 46. The highest BCUT2D eigenvalue weighted by atomic mass is 16.5. The van der Waals surface area contributed by atoms with Crippen molar-refractivity contribution in [2.75, 3.05) is 13.2 Å². The van der Waals surface area contributed by atoms with E-state index in [2.05, 4.69) is 13.8 Å². The second-order valence-corrected chi connectivity index (χ2v) is 18.5. The molecule has 0 atom stereocenters. The summed E-state index contributed by atoms with van der Waals surface area (Å²) in [7, 11) is 0. The average molecular weight is 831 g/mol. The van der Waals surface area contributed by atoms with Gasteiger partial charge in [0, 0.05) is 11.1 Å². The first-order valence-electron chi connectivity index (χ1n) is 26.7. The second-order valence-electron chi connectivity index (χ2n) is 18.5. The zero-order valence-corrected chi connectivity index (χ0v) is 40.0. The van der Waals surface area contributed by atoms with E-state index in [0.29, 0.717) is 11.1 Å². The fraction of sp³-hybridized carbons (Fsp3) is 0.772. The van der Waals surface area contributed by atoms with E-state index < -0.39 is 0 Å². The molecule has 0 saturated carbocycles. The molecule has 0 spiro atoms. The van der Waals surface area contributed by atoms with Crippen molar-refractivity contribution in [3.05, 3.63) is 59.7 Å². The number of hydrogen-bond acceptors (Lipinski definition) is 3. The predicted molar refractivity (Wildman–Crippen MR) is 263 cm³/mol. The Morgan fingerprint density at radius 2 is 0.467 bits per heavy atom. The summed E-state index contributed by atoms with van der Waals surface area (Å²) in [6.07, 6.45) is 55.8. The van der Waals surface area contributed by atoms with Crippen LogP contribution >= 0.6 is 0 Å². The molecule has 2 rings (SSSR count). The molecular formula is C57H98O3. The van der Waals surface area contributed by atoms with Gasteiger partial charge in [0.15, 0.2) is 5.78 Å². The molecule has 0 saturated heterocycles. The fourth-order valence-electron chi connectivity index (χ4n) is 8.67. The average Bonchev–Trinajstić information content (AvgIpc) is 3.27. The Labute approximate surface area is 373 Å². The number of ether oxygens (including phenoxy) is 2. The summed E-state index contributed by atoms with van der Waals surface area (Å²) in [5, 5.41) is 0. The van der Waals surface area contributed by atoms with Crippen LogP contribution < -0.4 is 9.47 Å². The summed E-state index contributed by atoms with van der Waals surface area (Å²) >= 11 is 0. The van der Waals surface area contributed by atoms with E-state index >= 15 is 0 Å². The van der Waals surface area contributed by atoms with E-state index in [0.717, 1.165) is 37.6 Å². The maximum atomic E-state index is 13.1. The molecule has 60 heavy (non-hydrogen) atoms. The molecule has 0 heterocycles. The van der Waals surface area contributed by atoms with E-state index in [9.17, 15) is 4.79 Å². The van der Waals surface area contributed by atoms with Gasteiger partial charge in [-0.2, -0.15) is 0 Å². The summed E-state index contributed by atoms with van der Waals surface area (Å²) in [5.41, 5.74) is 1.39. The quantitative estimate of drug-likeness (QED) is 0.0492. The van der Waals surface area contributed by atoms with Gasteiger partial charge in [-0.25, -0.2) is 0 Å². The highest BCUT2D eigenvalue weighted by Gasteiger charge is 2.10. The van der Waals surface area contributed by atoms with E-state index in [1.165, 1.54) is 244 Å². The SMILES string of the molecule is CCCCCCCCCCCCCCCCCCCCCCOc1ccc(C(=O)c2ccc(OCCCCCCCCCCCCCCCCCCCCCC)cc2)cc1. The fourth-order valence-corrected chi connectivity index (χ4v) is 8.67. The Morgan fingerprint density at radius 3 is 0.667 bits per heavy atom. The first kappa shape index (κ1) is 53.8. The minimum absolute atomic E-state index is 0.0382. The number of hydrogen-bond donors (Lipinski definition) is 0. The Bertz CT molecular complexity index is 1080. The van der Waals surface area contributed by atoms with Gasteiger partial charge < -0.3 is 9.47 Å². The maximum absolute atomic E-state index is 13.1. The van der Waals surface area contributed by atoms with Gasteiger partial charge >= 0.3 is 0 Å². The van der Waals surface area contributed by atoms with Crippen molar-refractivity contribution >= 4 is 5.78 Å². The van der Waals surface area contributed by atoms with E-state index in [1.807, 2.05) is 48.5 Å². The smallest absolute Gasteiger partial charge is 0.193 e. The second kappa shape index (κ2) is 42.0. The van der Waals surface area contributed by atoms with Crippen molar-refractivity contribution in [1.29, 1.82) is 0 Å². The van der Waals surface area contributed by atoms with Crippen LogP contribution in [-0.2, 0) is 0 Å². The van der Waals surface area contributed by atoms with Crippen molar-refractivity contribution in [2.24, 2.45) is 0 Å². The number of carbonyl (C=O) groups excluding carboxylic acids is 1. The van der Waals surface area contributed by atoms with Crippen molar-refractivity contribution in [2.45, 2.75) is 271 Å². The Balaban J connectivity index is 1.35. The van der Waals surface area contributed by atoms with Crippen molar-refractivity contribution in [3.63, 3.8) is 0 Å². The van der Waals surface area contributed by atoms with Crippen LogP contribution in [0.4, 0.5) is 0 Å². The normalized spacial score (nSPS) is 11.4. The first-order chi connectivity index (χ1) is 29.7. The van der Waals surface area contributed by atoms with Crippen LogP contribution in [0.3, 0.4) is 0 Å². The maximum Gasteiger partial charge on any atom is 0.193 e. The largest absolute Gasteiger partial charge is 0.494 e. The molecule has 0 N–H and O–H groups in total. The monoisotopic (exact) mass is 831 g/mol. The molecule has 0 bridgehead atoms. The van der Waals surface area contributed by atoms with Crippen LogP contribution in [0.15, 0.2) is 48.5 Å². The van der Waals surface area contributed by atoms with E-state index in [1.54, 1.807) is 0 Å². The van der Waals surface area contributed by atoms with Crippen LogP contribution in [0.25, 0.3) is 0 Å². The van der Waals surface area contributed by atoms with Gasteiger partial charge in [-0.15, -0.1) is 0 Å². The zero-order valence-electron chi connectivity index (χ0n) is 40.0. The highest BCUT2D eigenvalue weighted by molar-refractivity contribution is 6.09. The third-order valence-electron chi connectivity index (χ3n) is 12.8. The number of unbranched alkanes of at least 4 members (excludes halogenated alkanes) is 38. The third-order valence-corrected chi connectivity index (χ3v) is 12.8. The summed E-state index contributed by atoms with van der Waals surface area (Å²) in [6.45, 7) is 6.08. The van der Waals surface area contributed by atoms with Gasteiger partial charge in [0.05, 0.1) is 13.2 Å². The lowest BCUT2D eigenvalue weighted by atomic mass is 10.0. The lowest BCUT2D eigenvalue weighted by Crippen LogP contribution is -2.03. The number of ketones is 1. The van der Waals surface area contributed by atoms with Gasteiger partial charge in [-0.05, 0) is 61.4 Å². The van der Waals surface area contributed by atoms with Gasteiger partial charge in [0.2, 0.25) is 0 Å². The lowest BCUT2D eigenvalue weighted by molar-refractivity contribution is 0.103. The van der Waals surface area contributed by atoms with Crippen molar-refractivity contribution < 1.29 is 14.3 Å². The number of benzene rings is 2. The van der Waals surface area contributed by atoms with Crippen LogP contribution in [0.5, 0.6) is 11.5 Å². The molecule has 0 aliphatic carbocycles. The summed E-state index contributed by atoms with van der Waals surface area (Å²) < 4.78 is 12.0. The summed E-state index contributed by atoms with van der Waals surface area (Å²) in [6, 6.07) is 15.3. The molecule has 0 amide bonds. The van der Waals surface area contributed by atoms with Crippen molar-refractivity contribution in [1.82, 2.24) is 0 Å². The minimum Gasteiger partial charge on any atom is -0.494 e. The Hall–Kier alpha value is -2.29. The lowest BCUT2D eigenvalue weighted by Gasteiger charge is -2.09. The zero-order chi connectivity index (χ0) is 42.7. The minimum atomic E-state index is 0.0382. The molecule has 0 aliphatic heterocycles. The molecule has 344 valence electrons. The van der Waals surface area contributed by atoms with Crippen LogP contribution in [0, 0.1) is 0 Å². The van der Waals surface area contributed by atoms with Gasteiger partial charge in [-0.3, -0.25) is 4.79 Å². The van der Waals surface area contributed by atoms with Crippen LogP contribution in [-0.4, -0.2) is 19.0 Å². The molecule has 0 unspecified atom stereocenters. The first-order valence-corrected chi connectivity index (χ1v) is 26.7. The molecule has 0 radical (unpaired) electrons. The van der Waals surface area contributed by atoms with Crippen LogP contribution in [0.1, 0.15) is 287 Å². The van der Waals surface area contributed by atoms with Gasteiger partial charge in [0.1, 0.15) is 11.5 Å². The van der Waals surface area contributed by atoms with Gasteiger partial charge in [-0.1, -0.05) is 258 Å². The standard InChI is InChI=1S/C57H98O3/c1-3-5-7-9-11-13-15-17-19-21-23-25-27-29-31-33-35-37-39-41-51-59-55-47-43-53(44-48-55)57(58)54-45-49-56(50-46-54)60-52-42-40-38-36-34-32-30-28-26-24-22-20-18-16-14-12-10-8-6-4-2/h43-50H,3-42,51-52H2,1-2H3. The summed E-state index contributed by atoms with van der Waals surface area (Å²) in [4.78, 5) is 13.1. The topological polar surface area (TPSA) is 35.5 Å². The van der Waals surface area contributed by atoms with E-state index in [-0.39, 0.29) is 5.78 Å². The molecular weight excluding hydrogens is 733 g/mol. The Morgan fingerprint density at radius 1 is 0.283 bits per heavy atom. The van der Waals surface area contributed by atoms with E-state index in [4.69, 9.17) is 9.47 Å². The predicted octanol–water partition coefficient (Wildman–Crippen LogP) is 19.3. The van der Waals surface area contributed by atoms with Crippen LogP contribution in [0.2, 0.25) is 0 Å². The van der Waals surface area contributed by atoms with Gasteiger partial charge in [0.25, 0.3) is 0 Å². The molecule has 3 nitrogen and oxygen atoms in total. The number of carbonyl (C=O) groups is 1. The third kappa shape index (κ3) is 32.4. The molecule has 0 aromatic heterocycles. The van der Waals surface area contributed by atoms with Crippen molar-refractivity contribution in [3.8, 4) is 11.5 Å². The molecule has 2 aromatic carbocycles. The summed E-state index contributed by atoms with van der Waals surface area (Å²) in [5.74, 6) is 1.73. The molecule has 0 aliphatic rings. The highest BCUT2D eigenvalue weighted by Crippen LogP contribution is 2.21. The molecule has 0 fully saturated rings. The Kier molecular flexibility index (Phi) is 37.7.